The zero-order valence-electron chi connectivity index (χ0n) is 24.7. The summed E-state index contributed by atoms with van der Waals surface area (Å²) >= 11 is 0. The third kappa shape index (κ3) is 6.91. The molecule has 4 atom stereocenters. The molecule has 3 aliphatic rings. The van der Waals surface area contributed by atoms with Crippen molar-refractivity contribution < 1.29 is 27.8 Å². The van der Waals surface area contributed by atoms with Crippen LogP contribution in [0, 0.1) is 0 Å². The van der Waals surface area contributed by atoms with Gasteiger partial charge in [-0.15, -0.1) is 8.78 Å². The van der Waals surface area contributed by atoms with Crippen LogP contribution < -0.4 is 52.8 Å². The number of ketones is 1. The fraction of sp³-hybridized carbons (Fsp3) is 0.414. The SMILES string of the molecule is NC[C@@H]1C[C@H](N)CN1c1nc(Nc2ccc(C(=O)CC(=O)Nc3cccc4c3OC(F)(F)O4)cc2)nc(N2C[C@H](N)C[C@H](N)C2)n1. The van der Waals surface area contributed by atoms with Crippen molar-refractivity contribution in [2.24, 2.45) is 22.9 Å². The molecule has 3 aliphatic heterocycles. The number of nitrogens with one attached hydrogen (secondary N) is 2. The molecule has 2 aromatic carbocycles. The van der Waals surface area contributed by atoms with E-state index in [0.717, 1.165) is 0 Å². The Kier molecular flexibility index (Phi) is 8.56. The highest BCUT2D eigenvalue weighted by Gasteiger charge is 2.44. The van der Waals surface area contributed by atoms with Crippen molar-refractivity contribution in [3.8, 4) is 11.5 Å². The summed E-state index contributed by atoms with van der Waals surface area (Å²) in [5.41, 5.74) is 25.5. The zero-order chi connectivity index (χ0) is 32.6. The Hall–Kier alpha value is -4.71. The number of ether oxygens (including phenoxy) is 2. The molecule has 0 aliphatic carbocycles. The first-order chi connectivity index (χ1) is 22.0. The number of Topliss-reactive ketones (excluding diaryl/α,β-unsaturated/α-hetero) is 1. The third-order valence-corrected chi connectivity index (χ3v) is 7.87. The van der Waals surface area contributed by atoms with E-state index in [1.165, 1.54) is 18.2 Å². The minimum atomic E-state index is -3.84. The number of alkyl halides is 2. The molecule has 4 heterocycles. The fourth-order valence-electron chi connectivity index (χ4n) is 5.82. The van der Waals surface area contributed by atoms with Crippen LogP contribution in [-0.2, 0) is 4.79 Å². The van der Waals surface area contributed by atoms with E-state index in [-0.39, 0.29) is 52.9 Å². The van der Waals surface area contributed by atoms with E-state index in [0.29, 0.717) is 56.6 Å². The highest BCUT2D eigenvalue weighted by atomic mass is 19.3. The number of para-hydroxylation sites is 1. The number of benzene rings is 2. The van der Waals surface area contributed by atoms with E-state index >= 15 is 0 Å². The van der Waals surface area contributed by atoms with E-state index in [9.17, 15) is 18.4 Å². The van der Waals surface area contributed by atoms with Crippen LogP contribution in [0.5, 0.6) is 11.5 Å². The highest BCUT2D eigenvalue weighted by molar-refractivity contribution is 6.11. The van der Waals surface area contributed by atoms with Crippen molar-refractivity contribution in [1.82, 2.24) is 15.0 Å². The van der Waals surface area contributed by atoms with Crippen molar-refractivity contribution >= 4 is 40.9 Å². The van der Waals surface area contributed by atoms with E-state index in [4.69, 9.17) is 27.9 Å². The molecule has 15 nitrogen and oxygen atoms in total. The topological polar surface area (TPSA) is 226 Å². The van der Waals surface area contributed by atoms with Gasteiger partial charge in [-0.05, 0) is 49.2 Å². The number of halogens is 2. The molecular formula is C29H35F2N11O4. The number of anilines is 5. The lowest BCUT2D eigenvalue weighted by Crippen LogP contribution is -2.53. The van der Waals surface area contributed by atoms with E-state index < -0.39 is 24.4 Å². The zero-order valence-corrected chi connectivity index (χ0v) is 24.7. The lowest BCUT2D eigenvalue weighted by Gasteiger charge is -2.35. The quantitative estimate of drug-likeness (QED) is 0.141. The van der Waals surface area contributed by atoms with Crippen molar-refractivity contribution in [3.63, 3.8) is 0 Å². The van der Waals surface area contributed by atoms with Gasteiger partial charge in [-0.2, -0.15) is 15.0 Å². The molecule has 46 heavy (non-hydrogen) atoms. The number of hydrogen-bond acceptors (Lipinski definition) is 14. The van der Waals surface area contributed by atoms with Crippen LogP contribution in [0.15, 0.2) is 42.5 Å². The first kappa shape index (κ1) is 31.3. The van der Waals surface area contributed by atoms with Crippen molar-refractivity contribution in [1.29, 1.82) is 0 Å². The van der Waals surface area contributed by atoms with E-state index in [1.54, 1.807) is 24.3 Å². The summed E-state index contributed by atoms with van der Waals surface area (Å²) in [6.07, 6.45) is -2.98. The number of nitrogens with two attached hydrogens (primary N) is 4. The van der Waals surface area contributed by atoms with Crippen LogP contribution in [0.3, 0.4) is 0 Å². The lowest BCUT2D eigenvalue weighted by molar-refractivity contribution is -0.286. The molecule has 1 aromatic heterocycles. The van der Waals surface area contributed by atoms with Gasteiger partial charge in [-0.25, -0.2) is 0 Å². The van der Waals surface area contributed by atoms with Gasteiger partial charge in [0.05, 0.1) is 12.1 Å². The van der Waals surface area contributed by atoms with Crippen LogP contribution in [0.1, 0.15) is 29.6 Å². The molecule has 0 spiro atoms. The standard InChI is InChI=1S/C29H35F2N11O4/c30-29(31)45-23-3-1-2-21(25(23)46-29)37-24(44)10-22(43)15-4-6-19(7-5-15)36-26-38-27(41-12-16(33)8-17(34)13-41)40-28(39-26)42-14-18(35)9-20(42)11-32/h1-7,16-18,20H,8-14,32-35H2,(H,37,44)(H,36,38,39,40)/t16-,17+,18-,20-/m0/s1. The Bertz CT molecular complexity index is 1600. The number of rotatable bonds is 9. The van der Waals surface area contributed by atoms with Crippen LogP contribution >= 0.6 is 0 Å². The summed E-state index contributed by atoms with van der Waals surface area (Å²) in [7, 11) is 0. The second-order valence-corrected chi connectivity index (χ2v) is 11.6. The largest absolute Gasteiger partial charge is 0.586 e. The predicted molar refractivity (Wildman–Crippen MR) is 165 cm³/mol. The van der Waals surface area contributed by atoms with Gasteiger partial charge in [-0.1, -0.05) is 6.07 Å². The molecule has 3 aromatic rings. The van der Waals surface area contributed by atoms with Crippen LogP contribution in [0.4, 0.5) is 38.0 Å². The number of carbonyl (C=O) groups excluding carboxylic acids is 2. The molecule has 2 fully saturated rings. The van der Waals surface area contributed by atoms with E-state index in [2.05, 4.69) is 30.1 Å². The van der Waals surface area contributed by atoms with Gasteiger partial charge >= 0.3 is 6.29 Å². The van der Waals surface area contributed by atoms with E-state index in [1.807, 2.05) is 9.80 Å². The Morgan fingerprint density at radius 3 is 2.33 bits per heavy atom. The van der Waals surface area contributed by atoms with Gasteiger partial charge in [0.25, 0.3) is 0 Å². The highest BCUT2D eigenvalue weighted by Crippen LogP contribution is 2.45. The molecule has 6 rings (SSSR count). The number of nitrogens with zero attached hydrogens (tertiary/aromatic N) is 5. The maximum Gasteiger partial charge on any atom is 0.586 e. The molecule has 0 saturated carbocycles. The Balaban J connectivity index is 1.16. The second-order valence-electron chi connectivity index (χ2n) is 11.6. The minimum absolute atomic E-state index is 0.0314. The second kappa shape index (κ2) is 12.6. The average Bonchev–Trinajstić information content (AvgIpc) is 3.55. The summed E-state index contributed by atoms with van der Waals surface area (Å²) in [5, 5.41) is 5.59. The lowest BCUT2D eigenvalue weighted by atomic mass is 10.0. The molecule has 0 radical (unpaired) electrons. The van der Waals surface area contributed by atoms with Gasteiger partial charge in [-0.3, -0.25) is 9.59 Å². The maximum absolute atomic E-state index is 13.5. The molecule has 2 saturated heterocycles. The van der Waals surface area contributed by atoms with Gasteiger partial charge in [0.15, 0.2) is 17.3 Å². The number of amides is 1. The normalized spacial score (nSPS) is 23.3. The van der Waals surface area contributed by atoms with Gasteiger partial charge < -0.3 is 52.8 Å². The molecule has 10 N–H and O–H groups in total. The van der Waals surface area contributed by atoms with Crippen molar-refractivity contribution in [2.75, 3.05) is 46.6 Å². The number of carbonyl (C=O) groups is 2. The monoisotopic (exact) mass is 639 g/mol. The summed E-state index contributed by atoms with van der Waals surface area (Å²) < 4.78 is 35.8. The first-order valence-corrected chi connectivity index (χ1v) is 14.8. The first-order valence-electron chi connectivity index (χ1n) is 14.8. The van der Waals surface area contributed by atoms with Crippen LogP contribution in [0.2, 0.25) is 0 Å². The smallest absolute Gasteiger partial charge is 0.395 e. The number of aromatic nitrogens is 3. The number of hydrogen-bond donors (Lipinski definition) is 6. The Labute approximate surface area is 262 Å². The minimum Gasteiger partial charge on any atom is -0.395 e. The third-order valence-electron chi connectivity index (χ3n) is 7.87. The Morgan fingerprint density at radius 2 is 1.61 bits per heavy atom. The van der Waals surface area contributed by atoms with Crippen molar-refractivity contribution in [3.05, 3.63) is 48.0 Å². The van der Waals surface area contributed by atoms with Gasteiger partial charge in [0.1, 0.15) is 0 Å². The summed E-state index contributed by atoms with van der Waals surface area (Å²) in [6, 6.07) is 10.1. The molecule has 0 unspecified atom stereocenters. The molecular weight excluding hydrogens is 604 g/mol. The summed E-state index contributed by atoms with van der Waals surface area (Å²) in [6.45, 7) is 1.98. The summed E-state index contributed by atoms with van der Waals surface area (Å²) in [5.74, 6) is -0.636. The molecule has 1 amide bonds. The Morgan fingerprint density at radius 1 is 0.913 bits per heavy atom. The maximum atomic E-state index is 13.5. The average molecular weight is 640 g/mol. The molecule has 0 bridgehead atoms. The van der Waals surface area contributed by atoms with Crippen molar-refractivity contribution in [2.45, 2.75) is 49.7 Å². The van der Waals surface area contributed by atoms with Gasteiger partial charge in [0.2, 0.25) is 23.8 Å². The van der Waals surface area contributed by atoms with Crippen LogP contribution in [-0.4, -0.2) is 83.3 Å². The fourth-order valence-corrected chi connectivity index (χ4v) is 5.82. The predicted octanol–water partition coefficient (Wildman–Crippen LogP) is 0.878. The number of piperidine rings is 1. The van der Waals surface area contributed by atoms with Gasteiger partial charge in [0, 0.05) is 61.6 Å². The number of fused-ring (bicyclic) bond motifs is 1. The molecule has 244 valence electrons. The molecule has 17 heteroatoms. The van der Waals surface area contributed by atoms with Crippen LogP contribution in [0.25, 0.3) is 0 Å². The summed E-state index contributed by atoms with van der Waals surface area (Å²) in [4.78, 5) is 43.4.